The van der Waals surface area contributed by atoms with Crippen molar-refractivity contribution in [2.75, 3.05) is 6.54 Å². The van der Waals surface area contributed by atoms with Gasteiger partial charge in [0.05, 0.1) is 0 Å². The minimum absolute atomic E-state index is 0.296. The monoisotopic (exact) mass is 283 g/mol. The van der Waals surface area contributed by atoms with Gasteiger partial charge in [-0.05, 0) is 13.8 Å². The Morgan fingerprint density at radius 3 is 1.40 bits per heavy atom. The van der Waals surface area contributed by atoms with Crippen molar-refractivity contribution in [3.63, 3.8) is 0 Å². The van der Waals surface area contributed by atoms with Gasteiger partial charge >= 0.3 is 5.97 Å². The zero-order valence-electron chi connectivity index (χ0n) is 13.8. The first kappa shape index (κ1) is 23.3. The number of carboxylic acids is 1. The van der Waals surface area contributed by atoms with Crippen LogP contribution >= 0.6 is 0 Å². The second-order valence-electron chi connectivity index (χ2n) is 3.46. The number of nitrogens with one attached hydrogen (secondary N) is 1. The lowest BCUT2D eigenvalue weighted by Gasteiger charge is -1.92. The number of carbonyl (C=O) groups excluding carboxylic acids is 1. The van der Waals surface area contributed by atoms with E-state index in [1.54, 1.807) is 0 Å². The van der Waals surface area contributed by atoms with E-state index in [2.05, 4.69) is 43.4 Å². The molecule has 2 N–H and O–H groups in total. The summed E-state index contributed by atoms with van der Waals surface area (Å²) in [6.07, 6.45) is 0. The summed E-state index contributed by atoms with van der Waals surface area (Å²) in [5.41, 5.74) is 2.66. The molecule has 0 bridgehead atoms. The molecule has 4 nitrogen and oxygen atoms in total. The number of carboxylic acid groups (broad SMARTS) is 1. The summed E-state index contributed by atoms with van der Waals surface area (Å²) in [6.45, 7) is 13.2. The van der Waals surface area contributed by atoms with Crippen LogP contribution in [0.25, 0.3) is 0 Å². The van der Waals surface area contributed by atoms with E-state index < -0.39 is 5.97 Å². The summed E-state index contributed by atoms with van der Waals surface area (Å²) in [6, 6.07) is 8.48. The Morgan fingerprint density at radius 2 is 1.25 bits per heavy atom. The molecule has 0 spiro atoms. The lowest BCUT2D eigenvalue weighted by molar-refractivity contribution is -0.137. The van der Waals surface area contributed by atoms with Gasteiger partial charge in [0.25, 0.3) is 0 Å². The number of benzene rings is 1. The van der Waals surface area contributed by atoms with E-state index in [1.807, 2.05) is 27.7 Å². The molecule has 0 aliphatic heterocycles. The third kappa shape index (κ3) is 21.4. The molecule has 0 saturated carbocycles. The Balaban J connectivity index is -0.000000231. The highest BCUT2D eigenvalue weighted by Crippen LogP contribution is 1.99. The van der Waals surface area contributed by atoms with Crippen molar-refractivity contribution in [2.45, 2.75) is 48.5 Å². The molecule has 4 heteroatoms. The Morgan fingerprint density at radius 1 is 0.950 bits per heavy atom. The van der Waals surface area contributed by atoms with Crippen LogP contribution in [0.15, 0.2) is 24.3 Å². The molecule has 0 radical (unpaired) electrons. The predicted molar refractivity (Wildman–Crippen MR) is 84.9 cm³/mol. The quantitative estimate of drug-likeness (QED) is 0.872. The highest BCUT2D eigenvalue weighted by atomic mass is 16.4. The number of amides is 1. The minimum atomic E-state index is -1.03. The maximum Gasteiger partial charge on any atom is 0.322 e. The van der Waals surface area contributed by atoms with Gasteiger partial charge in [0, 0.05) is 6.92 Å². The van der Waals surface area contributed by atoms with Crippen molar-refractivity contribution in [2.24, 2.45) is 0 Å². The molecule has 1 amide bonds. The Kier molecular flexibility index (Phi) is 20.0. The molecule has 0 fully saturated rings. The number of hydrogen-bond acceptors (Lipinski definition) is 2. The van der Waals surface area contributed by atoms with Gasteiger partial charge < -0.3 is 10.4 Å². The standard InChI is InChI=1S/C8H10.C4H7NO3.2C2H6/c1-7-3-5-8(2)6-4-7;1-3(6)5-2-4(7)8;2*1-2/h3-6H,1-2H3;2H2,1H3,(H,5,6)(H,7,8);2*1-2H3. The molecule has 0 aliphatic rings. The van der Waals surface area contributed by atoms with Gasteiger partial charge in [0.15, 0.2) is 0 Å². The van der Waals surface area contributed by atoms with E-state index in [9.17, 15) is 9.59 Å². The predicted octanol–water partition coefficient (Wildman–Crippen LogP) is 3.56. The van der Waals surface area contributed by atoms with Gasteiger partial charge in [-0.25, -0.2) is 0 Å². The lowest BCUT2D eigenvalue weighted by Crippen LogP contribution is -2.26. The number of aryl methyl sites for hydroxylation is 2. The average Bonchev–Trinajstić information content (AvgIpc) is 2.45. The maximum atomic E-state index is 9.97. The number of aliphatic carboxylic acids is 1. The van der Waals surface area contributed by atoms with Crippen molar-refractivity contribution < 1.29 is 14.7 Å². The van der Waals surface area contributed by atoms with E-state index in [0.29, 0.717) is 0 Å². The van der Waals surface area contributed by atoms with Crippen molar-refractivity contribution in [1.29, 1.82) is 0 Å². The summed E-state index contributed by atoms with van der Waals surface area (Å²) in [5, 5.41) is 10.1. The van der Waals surface area contributed by atoms with Gasteiger partial charge in [-0.2, -0.15) is 0 Å². The molecule has 0 unspecified atom stereocenters. The summed E-state index contributed by atoms with van der Waals surface area (Å²) >= 11 is 0. The smallest absolute Gasteiger partial charge is 0.322 e. The molecule has 0 aromatic heterocycles. The van der Waals surface area contributed by atoms with Crippen molar-refractivity contribution in [3.05, 3.63) is 35.4 Å². The maximum absolute atomic E-state index is 9.97. The Hall–Kier alpha value is -1.84. The molecule has 116 valence electrons. The fourth-order valence-electron chi connectivity index (χ4n) is 0.837. The molecule has 1 aromatic carbocycles. The van der Waals surface area contributed by atoms with Crippen LogP contribution in [0.4, 0.5) is 0 Å². The molecule has 20 heavy (non-hydrogen) atoms. The van der Waals surface area contributed by atoms with E-state index in [1.165, 1.54) is 18.1 Å². The summed E-state index contributed by atoms with van der Waals surface area (Å²) in [4.78, 5) is 19.7. The Bertz CT molecular complexity index is 310. The highest BCUT2D eigenvalue weighted by Gasteiger charge is 1.94. The van der Waals surface area contributed by atoms with Crippen molar-refractivity contribution >= 4 is 11.9 Å². The largest absolute Gasteiger partial charge is 0.480 e. The van der Waals surface area contributed by atoms with Crippen LogP contribution in [0.1, 0.15) is 45.7 Å². The first-order chi connectivity index (χ1) is 9.41. The van der Waals surface area contributed by atoms with E-state index in [0.717, 1.165) is 0 Å². The molecular formula is C16H29NO3. The first-order valence-electron chi connectivity index (χ1n) is 6.91. The fraction of sp³-hybridized carbons (Fsp3) is 0.500. The van der Waals surface area contributed by atoms with Crippen molar-refractivity contribution in [3.8, 4) is 0 Å². The second kappa shape index (κ2) is 17.2. The third-order valence-electron chi connectivity index (χ3n) is 1.71. The average molecular weight is 283 g/mol. The summed E-state index contributed by atoms with van der Waals surface area (Å²) in [7, 11) is 0. The second-order valence-corrected chi connectivity index (χ2v) is 3.46. The summed E-state index contributed by atoms with van der Waals surface area (Å²) in [5.74, 6) is -1.35. The van der Waals surface area contributed by atoms with Crippen LogP contribution in [0.3, 0.4) is 0 Å². The van der Waals surface area contributed by atoms with Gasteiger partial charge in [-0.1, -0.05) is 63.1 Å². The fourth-order valence-corrected chi connectivity index (χ4v) is 0.837. The van der Waals surface area contributed by atoms with Crippen LogP contribution in [0, 0.1) is 13.8 Å². The van der Waals surface area contributed by atoms with Gasteiger partial charge in [0.2, 0.25) is 5.91 Å². The molecule has 1 aromatic rings. The number of rotatable bonds is 2. The summed E-state index contributed by atoms with van der Waals surface area (Å²) < 4.78 is 0. The molecule has 0 saturated heterocycles. The lowest BCUT2D eigenvalue weighted by atomic mass is 10.2. The normalized spacial score (nSPS) is 7.55. The van der Waals surface area contributed by atoms with Gasteiger partial charge in [-0.15, -0.1) is 0 Å². The Labute approximate surface area is 123 Å². The van der Waals surface area contributed by atoms with E-state index >= 15 is 0 Å². The van der Waals surface area contributed by atoms with Gasteiger partial charge in [-0.3, -0.25) is 9.59 Å². The van der Waals surface area contributed by atoms with Crippen LogP contribution in [-0.2, 0) is 9.59 Å². The van der Waals surface area contributed by atoms with Gasteiger partial charge in [0.1, 0.15) is 6.54 Å². The van der Waals surface area contributed by atoms with Crippen LogP contribution in [0.2, 0.25) is 0 Å². The minimum Gasteiger partial charge on any atom is -0.480 e. The molecule has 0 atom stereocenters. The van der Waals surface area contributed by atoms with E-state index in [4.69, 9.17) is 5.11 Å². The van der Waals surface area contributed by atoms with Crippen LogP contribution < -0.4 is 5.32 Å². The molecule has 1 rings (SSSR count). The molecular weight excluding hydrogens is 254 g/mol. The zero-order chi connectivity index (χ0) is 16.6. The first-order valence-corrected chi connectivity index (χ1v) is 6.91. The highest BCUT2D eigenvalue weighted by molar-refractivity contribution is 5.79. The third-order valence-corrected chi connectivity index (χ3v) is 1.71. The SMILES string of the molecule is CC.CC.CC(=O)NCC(=O)O.Cc1ccc(C)cc1. The number of carbonyl (C=O) groups is 2. The molecule has 0 aliphatic carbocycles. The van der Waals surface area contributed by atoms with Crippen LogP contribution in [-0.4, -0.2) is 23.5 Å². The molecule has 0 heterocycles. The topological polar surface area (TPSA) is 66.4 Å². The van der Waals surface area contributed by atoms with Crippen LogP contribution in [0.5, 0.6) is 0 Å². The zero-order valence-corrected chi connectivity index (χ0v) is 13.8. The number of hydrogen-bond donors (Lipinski definition) is 2. The van der Waals surface area contributed by atoms with E-state index in [-0.39, 0.29) is 12.5 Å². The van der Waals surface area contributed by atoms with Crippen molar-refractivity contribution in [1.82, 2.24) is 5.32 Å².